The van der Waals surface area contributed by atoms with Crippen molar-refractivity contribution in [2.75, 3.05) is 24.6 Å². The van der Waals surface area contributed by atoms with Gasteiger partial charge in [-0.05, 0) is 34.5 Å². The van der Waals surface area contributed by atoms with Crippen LogP contribution in [0.1, 0.15) is 23.7 Å². The highest BCUT2D eigenvalue weighted by Gasteiger charge is 2.25. The maximum absolute atomic E-state index is 13.3. The van der Waals surface area contributed by atoms with E-state index in [1.165, 1.54) is 12.1 Å². The molecule has 2 rings (SSSR count). The number of hydrogen-bond donors (Lipinski definition) is 1. The van der Waals surface area contributed by atoms with Gasteiger partial charge in [0.1, 0.15) is 5.82 Å². The molecule has 1 saturated heterocycles. The molecule has 1 amide bonds. The Labute approximate surface area is 124 Å². The third-order valence-electron chi connectivity index (χ3n) is 3.20. The first-order valence-electron chi connectivity index (χ1n) is 6.18. The molecule has 0 saturated carbocycles. The molecule has 1 aliphatic rings. The molecule has 1 heterocycles. The Kier molecular flexibility index (Phi) is 4.73. The van der Waals surface area contributed by atoms with Gasteiger partial charge < -0.3 is 10.6 Å². The summed E-state index contributed by atoms with van der Waals surface area (Å²) in [5.41, 5.74) is 5.98. The lowest BCUT2D eigenvalue weighted by atomic mass is 10.1. The van der Waals surface area contributed by atoms with Crippen LogP contribution in [0.15, 0.2) is 16.6 Å². The van der Waals surface area contributed by atoms with Crippen molar-refractivity contribution in [1.82, 2.24) is 4.90 Å². The number of carbonyl (C=O) groups excluding carboxylic acids is 1. The van der Waals surface area contributed by atoms with Crippen molar-refractivity contribution in [2.45, 2.75) is 18.6 Å². The fourth-order valence-electron chi connectivity index (χ4n) is 2.05. The number of amides is 1. The Bertz CT molecular complexity index is 498. The van der Waals surface area contributed by atoms with Gasteiger partial charge in [0.15, 0.2) is 0 Å². The van der Waals surface area contributed by atoms with Crippen molar-refractivity contribution in [3.8, 4) is 0 Å². The lowest BCUT2D eigenvalue weighted by Gasteiger charge is -2.32. The highest BCUT2D eigenvalue weighted by Crippen LogP contribution is 2.27. The minimum atomic E-state index is -0.510. The second kappa shape index (κ2) is 6.13. The minimum absolute atomic E-state index is 0.00461. The van der Waals surface area contributed by atoms with Gasteiger partial charge in [-0.1, -0.05) is 6.92 Å². The van der Waals surface area contributed by atoms with Crippen LogP contribution in [0.5, 0.6) is 0 Å². The van der Waals surface area contributed by atoms with Gasteiger partial charge >= 0.3 is 0 Å². The predicted molar refractivity (Wildman–Crippen MR) is 81.0 cm³/mol. The molecule has 1 unspecified atom stereocenters. The van der Waals surface area contributed by atoms with Crippen molar-refractivity contribution in [3.05, 3.63) is 28.0 Å². The zero-order valence-electron chi connectivity index (χ0n) is 10.7. The van der Waals surface area contributed by atoms with Gasteiger partial charge in [0.05, 0.1) is 11.3 Å². The number of carbonyl (C=O) groups is 1. The molecule has 19 heavy (non-hydrogen) atoms. The molecule has 1 fully saturated rings. The summed E-state index contributed by atoms with van der Waals surface area (Å²) in [7, 11) is 0. The third kappa shape index (κ3) is 3.23. The van der Waals surface area contributed by atoms with Crippen LogP contribution in [0, 0.1) is 5.82 Å². The maximum Gasteiger partial charge on any atom is 0.255 e. The van der Waals surface area contributed by atoms with Crippen molar-refractivity contribution >= 4 is 39.3 Å². The molecule has 0 aliphatic carbocycles. The van der Waals surface area contributed by atoms with E-state index in [0.717, 1.165) is 25.3 Å². The van der Waals surface area contributed by atoms with Crippen LogP contribution in [0.2, 0.25) is 0 Å². The number of nitrogens with zero attached hydrogens (tertiary/aromatic N) is 1. The van der Waals surface area contributed by atoms with E-state index in [4.69, 9.17) is 5.73 Å². The van der Waals surface area contributed by atoms with E-state index < -0.39 is 5.82 Å². The summed E-state index contributed by atoms with van der Waals surface area (Å²) < 4.78 is 13.8. The first-order valence-corrected chi connectivity index (χ1v) is 8.02. The summed E-state index contributed by atoms with van der Waals surface area (Å²) in [6.45, 7) is 3.59. The van der Waals surface area contributed by atoms with Crippen molar-refractivity contribution < 1.29 is 9.18 Å². The number of halogens is 2. The molecule has 2 N–H and O–H groups in total. The smallest absolute Gasteiger partial charge is 0.255 e. The number of benzene rings is 1. The molecule has 1 atom stereocenters. The van der Waals surface area contributed by atoms with Gasteiger partial charge in [0, 0.05) is 28.6 Å². The predicted octanol–water partition coefficient (Wildman–Crippen LogP) is 3.14. The van der Waals surface area contributed by atoms with Crippen LogP contribution in [-0.4, -0.2) is 34.9 Å². The van der Waals surface area contributed by atoms with Crippen molar-refractivity contribution in [1.29, 1.82) is 0 Å². The van der Waals surface area contributed by atoms with Crippen LogP contribution >= 0.6 is 27.7 Å². The summed E-state index contributed by atoms with van der Waals surface area (Å²) in [6, 6.07) is 2.66. The fourth-order valence-corrected chi connectivity index (χ4v) is 3.72. The van der Waals surface area contributed by atoms with Gasteiger partial charge in [-0.15, -0.1) is 0 Å². The second-order valence-electron chi connectivity index (χ2n) is 4.51. The SMILES string of the molecule is CCC1CN(C(=O)c2cc(N)c(F)cc2Br)CCS1. The highest BCUT2D eigenvalue weighted by atomic mass is 79.9. The molecule has 104 valence electrons. The molecule has 0 spiro atoms. The zero-order valence-corrected chi connectivity index (χ0v) is 13.1. The van der Waals surface area contributed by atoms with Crippen molar-refractivity contribution in [3.63, 3.8) is 0 Å². The van der Waals surface area contributed by atoms with Gasteiger partial charge in [-0.3, -0.25) is 4.79 Å². The summed E-state index contributed by atoms with van der Waals surface area (Å²) >= 11 is 5.13. The first kappa shape index (κ1) is 14.7. The minimum Gasteiger partial charge on any atom is -0.396 e. The lowest BCUT2D eigenvalue weighted by molar-refractivity contribution is 0.0760. The monoisotopic (exact) mass is 346 g/mol. The molecular weight excluding hydrogens is 331 g/mol. The molecule has 0 bridgehead atoms. The van der Waals surface area contributed by atoms with E-state index in [2.05, 4.69) is 22.9 Å². The Balaban J connectivity index is 2.22. The van der Waals surface area contributed by atoms with E-state index in [0.29, 0.717) is 15.3 Å². The summed E-state index contributed by atoms with van der Waals surface area (Å²) in [4.78, 5) is 14.3. The van der Waals surface area contributed by atoms with Gasteiger partial charge in [0.25, 0.3) is 5.91 Å². The van der Waals surface area contributed by atoms with Crippen LogP contribution in [0.3, 0.4) is 0 Å². The third-order valence-corrected chi connectivity index (χ3v) is 5.23. The number of rotatable bonds is 2. The van der Waals surface area contributed by atoms with E-state index in [9.17, 15) is 9.18 Å². The molecule has 0 aromatic heterocycles. The van der Waals surface area contributed by atoms with Crippen LogP contribution in [0.4, 0.5) is 10.1 Å². The van der Waals surface area contributed by atoms with Crippen molar-refractivity contribution in [2.24, 2.45) is 0 Å². The fraction of sp³-hybridized carbons (Fsp3) is 0.462. The lowest BCUT2D eigenvalue weighted by Crippen LogP contribution is -2.41. The first-order chi connectivity index (χ1) is 9.02. The van der Waals surface area contributed by atoms with E-state index in [1.54, 1.807) is 0 Å². The number of nitrogen functional groups attached to an aromatic ring is 1. The second-order valence-corrected chi connectivity index (χ2v) is 6.77. The van der Waals surface area contributed by atoms with Gasteiger partial charge in [-0.25, -0.2) is 4.39 Å². The standard InChI is InChI=1S/C13H16BrFN2OS/c1-2-8-7-17(3-4-19-8)13(18)9-5-12(16)11(15)6-10(9)14/h5-6,8H,2-4,7,16H2,1H3. The molecule has 3 nitrogen and oxygen atoms in total. The van der Waals surface area contributed by atoms with E-state index in [-0.39, 0.29) is 11.6 Å². The largest absolute Gasteiger partial charge is 0.396 e. The molecular formula is C13H16BrFN2OS. The Morgan fingerprint density at radius 3 is 3.05 bits per heavy atom. The number of thioether (sulfide) groups is 1. The Morgan fingerprint density at radius 2 is 2.37 bits per heavy atom. The molecule has 1 aromatic rings. The normalized spacial score (nSPS) is 19.5. The summed E-state index contributed by atoms with van der Waals surface area (Å²) in [5, 5.41) is 0.481. The van der Waals surface area contributed by atoms with Gasteiger partial charge in [-0.2, -0.15) is 11.8 Å². The van der Waals surface area contributed by atoms with E-state index in [1.807, 2.05) is 16.7 Å². The summed E-state index contributed by atoms with van der Waals surface area (Å²) in [6.07, 6.45) is 1.04. The van der Waals surface area contributed by atoms with Gasteiger partial charge in [0.2, 0.25) is 0 Å². The maximum atomic E-state index is 13.3. The Hall–Kier alpha value is -0.750. The van der Waals surface area contributed by atoms with E-state index >= 15 is 0 Å². The average Bonchev–Trinajstić information content (AvgIpc) is 2.42. The van der Waals surface area contributed by atoms with Crippen LogP contribution in [0.25, 0.3) is 0 Å². The Morgan fingerprint density at radius 1 is 1.63 bits per heavy atom. The number of anilines is 1. The number of nitrogens with two attached hydrogens (primary N) is 1. The topological polar surface area (TPSA) is 46.3 Å². The molecule has 1 aromatic carbocycles. The zero-order chi connectivity index (χ0) is 14.0. The van der Waals surface area contributed by atoms with Crippen LogP contribution in [-0.2, 0) is 0 Å². The molecule has 1 aliphatic heterocycles. The number of hydrogen-bond acceptors (Lipinski definition) is 3. The van der Waals surface area contributed by atoms with Crippen LogP contribution < -0.4 is 5.73 Å². The molecule has 6 heteroatoms. The highest BCUT2D eigenvalue weighted by molar-refractivity contribution is 9.10. The summed E-state index contributed by atoms with van der Waals surface area (Å²) in [5.74, 6) is 0.347. The quantitative estimate of drug-likeness (QED) is 0.836. The molecule has 0 radical (unpaired) electrons. The average molecular weight is 347 g/mol.